The molecule has 0 saturated carbocycles. The summed E-state index contributed by atoms with van der Waals surface area (Å²) in [4.78, 5) is 11.9. The lowest BCUT2D eigenvalue weighted by molar-refractivity contribution is 0.0996. The lowest BCUT2D eigenvalue weighted by atomic mass is 10.1. The first-order valence-electron chi connectivity index (χ1n) is 7.07. The fourth-order valence-electron chi connectivity index (χ4n) is 2.30. The first-order chi connectivity index (χ1) is 10.6. The number of nitrogens with one attached hydrogen (secondary N) is 1. The van der Waals surface area contributed by atoms with Gasteiger partial charge in [0, 0.05) is 11.8 Å². The zero-order chi connectivity index (χ0) is 15.5. The number of furan rings is 1. The van der Waals surface area contributed by atoms with E-state index in [1.807, 2.05) is 23.7 Å². The summed E-state index contributed by atoms with van der Waals surface area (Å²) >= 11 is 0. The van der Waals surface area contributed by atoms with Crippen LogP contribution in [0.3, 0.4) is 0 Å². The summed E-state index contributed by atoms with van der Waals surface area (Å²) in [7, 11) is 0. The van der Waals surface area contributed by atoms with Gasteiger partial charge in [-0.1, -0.05) is 29.8 Å². The quantitative estimate of drug-likeness (QED) is 0.802. The number of nitrogens with zero attached hydrogens (tertiary/aromatic N) is 2. The number of hydrogen-bond acceptors (Lipinski definition) is 3. The van der Waals surface area contributed by atoms with E-state index >= 15 is 0 Å². The Kier molecular flexibility index (Phi) is 3.78. The summed E-state index contributed by atoms with van der Waals surface area (Å²) in [6.45, 7) is 4.70. The van der Waals surface area contributed by atoms with Crippen molar-refractivity contribution in [2.24, 2.45) is 0 Å². The number of aryl methyl sites for hydroxylation is 2. The van der Waals surface area contributed by atoms with Crippen LogP contribution in [0.25, 0.3) is 0 Å². The van der Waals surface area contributed by atoms with Crippen LogP contribution in [-0.2, 0) is 6.54 Å². The fourth-order valence-corrected chi connectivity index (χ4v) is 2.30. The number of rotatable bonds is 4. The van der Waals surface area contributed by atoms with Crippen molar-refractivity contribution < 1.29 is 9.21 Å². The molecule has 0 fully saturated rings. The van der Waals surface area contributed by atoms with E-state index in [0.717, 1.165) is 5.69 Å². The van der Waals surface area contributed by atoms with Crippen LogP contribution in [0.4, 0.5) is 5.82 Å². The molecular formula is C17H17N3O2. The molecule has 0 unspecified atom stereocenters. The van der Waals surface area contributed by atoms with Crippen molar-refractivity contribution in [3.63, 3.8) is 0 Å². The molecule has 3 rings (SSSR count). The molecule has 3 aromatic rings. The molecule has 2 heterocycles. The Morgan fingerprint density at radius 3 is 2.82 bits per heavy atom. The Bertz CT molecular complexity index is 788. The highest BCUT2D eigenvalue weighted by Gasteiger charge is 2.12. The second-order valence-electron chi connectivity index (χ2n) is 5.25. The minimum absolute atomic E-state index is 0.269. The van der Waals surface area contributed by atoms with Gasteiger partial charge in [-0.3, -0.25) is 9.48 Å². The molecule has 0 aliphatic heterocycles. The third kappa shape index (κ3) is 3.09. The van der Waals surface area contributed by atoms with Gasteiger partial charge < -0.3 is 9.73 Å². The number of aromatic nitrogens is 2. The van der Waals surface area contributed by atoms with E-state index in [4.69, 9.17) is 4.42 Å². The van der Waals surface area contributed by atoms with E-state index in [2.05, 4.69) is 35.5 Å². The third-order valence-corrected chi connectivity index (χ3v) is 3.38. The number of carbonyl (C=O) groups is 1. The van der Waals surface area contributed by atoms with Crippen LogP contribution in [-0.4, -0.2) is 15.7 Å². The number of amides is 1. The van der Waals surface area contributed by atoms with Crippen molar-refractivity contribution in [3.8, 4) is 0 Å². The molecule has 0 atom stereocenters. The van der Waals surface area contributed by atoms with Gasteiger partial charge >= 0.3 is 0 Å². The normalized spacial score (nSPS) is 10.6. The molecule has 5 heteroatoms. The maximum atomic E-state index is 11.9. The maximum Gasteiger partial charge on any atom is 0.292 e. The Hall–Kier alpha value is -2.82. The van der Waals surface area contributed by atoms with Crippen LogP contribution < -0.4 is 5.32 Å². The molecule has 1 amide bonds. The van der Waals surface area contributed by atoms with Crippen molar-refractivity contribution >= 4 is 11.7 Å². The highest BCUT2D eigenvalue weighted by Crippen LogP contribution is 2.13. The molecule has 5 nitrogen and oxygen atoms in total. The summed E-state index contributed by atoms with van der Waals surface area (Å²) in [5, 5.41) is 7.17. The van der Waals surface area contributed by atoms with Crippen molar-refractivity contribution in [2.75, 3.05) is 5.32 Å². The van der Waals surface area contributed by atoms with Crippen molar-refractivity contribution in [3.05, 3.63) is 71.3 Å². The predicted octanol–water partition coefficient (Wildman–Crippen LogP) is 3.39. The van der Waals surface area contributed by atoms with Gasteiger partial charge in [0.2, 0.25) is 0 Å². The summed E-state index contributed by atoms with van der Waals surface area (Å²) in [5.74, 6) is 0.489. The topological polar surface area (TPSA) is 60.1 Å². The summed E-state index contributed by atoms with van der Waals surface area (Å²) in [6.07, 6.45) is 1.47. The first-order valence-corrected chi connectivity index (χ1v) is 7.07. The molecular weight excluding hydrogens is 278 g/mol. The molecule has 1 N–H and O–H groups in total. The van der Waals surface area contributed by atoms with Crippen LogP contribution in [0.5, 0.6) is 0 Å². The Labute approximate surface area is 128 Å². The molecule has 0 bridgehead atoms. The van der Waals surface area contributed by atoms with E-state index in [9.17, 15) is 4.79 Å². The van der Waals surface area contributed by atoms with Gasteiger partial charge in [0.05, 0.1) is 12.8 Å². The standard InChI is InChI=1S/C17H17N3O2/c1-12-5-3-6-14(9-12)11-20-13(2)10-16(19-20)18-17(21)15-7-4-8-22-15/h3-10H,11H2,1-2H3,(H,18,19,21). The average Bonchev–Trinajstić information content (AvgIpc) is 3.10. The van der Waals surface area contributed by atoms with Crippen molar-refractivity contribution in [1.82, 2.24) is 9.78 Å². The van der Waals surface area contributed by atoms with Gasteiger partial charge in [-0.15, -0.1) is 0 Å². The van der Waals surface area contributed by atoms with Gasteiger partial charge in [0.25, 0.3) is 5.91 Å². The first kappa shape index (κ1) is 14.1. The van der Waals surface area contributed by atoms with Gasteiger partial charge in [-0.25, -0.2) is 0 Å². The van der Waals surface area contributed by atoms with Crippen molar-refractivity contribution in [2.45, 2.75) is 20.4 Å². The van der Waals surface area contributed by atoms with Crippen LogP contribution in [0.2, 0.25) is 0 Å². The fraction of sp³-hybridized carbons (Fsp3) is 0.176. The Morgan fingerprint density at radius 1 is 1.23 bits per heavy atom. The monoisotopic (exact) mass is 295 g/mol. The highest BCUT2D eigenvalue weighted by atomic mass is 16.3. The minimum atomic E-state index is -0.301. The summed E-state index contributed by atoms with van der Waals surface area (Å²) < 4.78 is 6.93. The zero-order valence-corrected chi connectivity index (χ0v) is 12.5. The summed E-state index contributed by atoms with van der Waals surface area (Å²) in [5.41, 5.74) is 3.38. The van der Waals surface area contributed by atoms with E-state index < -0.39 is 0 Å². The second kappa shape index (κ2) is 5.89. The van der Waals surface area contributed by atoms with E-state index in [1.54, 1.807) is 12.1 Å². The van der Waals surface area contributed by atoms with Gasteiger partial charge in [0.1, 0.15) is 0 Å². The lowest BCUT2D eigenvalue weighted by Gasteiger charge is -2.05. The second-order valence-corrected chi connectivity index (χ2v) is 5.25. The largest absolute Gasteiger partial charge is 0.459 e. The molecule has 22 heavy (non-hydrogen) atoms. The minimum Gasteiger partial charge on any atom is -0.459 e. The SMILES string of the molecule is Cc1cccc(Cn2nc(NC(=O)c3ccco3)cc2C)c1. The zero-order valence-electron chi connectivity index (χ0n) is 12.5. The number of carbonyl (C=O) groups excluding carboxylic acids is 1. The molecule has 0 aliphatic rings. The molecule has 0 radical (unpaired) electrons. The highest BCUT2D eigenvalue weighted by molar-refractivity contribution is 6.01. The number of anilines is 1. The van der Waals surface area contributed by atoms with Crippen LogP contribution in [0.1, 0.15) is 27.4 Å². The predicted molar refractivity (Wildman–Crippen MR) is 83.9 cm³/mol. The smallest absolute Gasteiger partial charge is 0.292 e. The molecule has 0 spiro atoms. The molecule has 0 aliphatic carbocycles. The van der Waals surface area contributed by atoms with E-state index in [0.29, 0.717) is 12.4 Å². The van der Waals surface area contributed by atoms with Crippen LogP contribution in [0.15, 0.2) is 53.1 Å². The van der Waals surface area contributed by atoms with E-state index in [1.165, 1.54) is 17.4 Å². The molecule has 1 aromatic carbocycles. The average molecular weight is 295 g/mol. The molecule has 2 aromatic heterocycles. The van der Waals surface area contributed by atoms with Crippen LogP contribution >= 0.6 is 0 Å². The number of benzene rings is 1. The summed E-state index contributed by atoms with van der Waals surface area (Å²) in [6, 6.07) is 13.4. The van der Waals surface area contributed by atoms with Crippen molar-refractivity contribution in [1.29, 1.82) is 0 Å². The van der Waals surface area contributed by atoms with E-state index in [-0.39, 0.29) is 11.7 Å². The number of hydrogen-bond donors (Lipinski definition) is 1. The molecule has 112 valence electrons. The molecule has 0 saturated heterocycles. The van der Waals surface area contributed by atoms with Gasteiger partial charge in [-0.05, 0) is 31.5 Å². The maximum absolute atomic E-state index is 11.9. The van der Waals surface area contributed by atoms with Gasteiger partial charge in [-0.2, -0.15) is 5.10 Å². The third-order valence-electron chi connectivity index (χ3n) is 3.38. The lowest BCUT2D eigenvalue weighted by Crippen LogP contribution is -2.12. The van der Waals surface area contributed by atoms with Gasteiger partial charge in [0.15, 0.2) is 11.6 Å². The Morgan fingerprint density at radius 2 is 2.09 bits per heavy atom. The Balaban J connectivity index is 1.75. The van der Waals surface area contributed by atoms with Crippen LogP contribution in [0, 0.1) is 13.8 Å².